The van der Waals surface area contributed by atoms with E-state index in [9.17, 15) is 14.0 Å². The highest BCUT2D eigenvalue weighted by atomic mass is 32.2. The molecule has 0 atom stereocenters. The molecule has 0 aliphatic carbocycles. The van der Waals surface area contributed by atoms with Gasteiger partial charge in [0.15, 0.2) is 11.0 Å². The molecule has 1 aromatic heterocycles. The van der Waals surface area contributed by atoms with E-state index >= 15 is 0 Å². The van der Waals surface area contributed by atoms with Gasteiger partial charge in [0.05, 0.1) is 11.3 Å². The Kier molecular flexibility index (Phi) is 6.80. The van der Waals surface area contributed by atoms with Crippen LogP contribution in [0.1, 0.15) is 15.9 Å². The zero-order chi connectivity index (χ0) is 23.2. The largest absolute Gasteiger partial charge is 0.272 e. The molecule has 0 aliphatic heterocycles. The molecule has 2 amide bonds. The van der Waals surface area contributed by atoms with Gasteiger partial charge in [0, 0.05) is 11.3 Å². The van der Waals surface area contributed by atoms with Crippen LogP contribution in [0.15, 0.2) is 84.0 Å². The molecular weight excluding hydrogens is 441 g/mol. The number of benzene rings is 3. The average Bonchev–Trinajstić information content (AvgIpc) is 3.26. The van der Waals surface area contributed by atoms with Crippen LogP contribution >= 0.6 is 11.8 Å². The molecule has 1 heterocycles. The lowest BCUT2D eigenvalue weighted by atomic mass is 10.2. The van der Waals surface area contributed by atoms with Crippen molar-refractivity contribution in [3.63, 3.8) is 0 Å². The summed E-state index contributed by atoms with van der Waals surface area (Å²) in [6, 6.07) is 23.1. The Hall–Kier alpha value is -3.98. The van der Waals surface area contributed by atoms with Crippen LogP contribution in [0.4, 0.5) is 4.39 Å². The van der Waals surface area contributed by atoms with E-state index in [1.54, 1.807) is 0 Å². The summed E-state index contributed by atoms with van der Waals surface area (Å²) in [5.41, 5.74) is 7.24. The first kappa shape index (κ1) is 22.2. The second-order valence-corrected chi connectivity index (χ2v) is 8.06. The molecule has 0 saturated heterocycles. The van der Waals surface area contributed by atoms with E-state index in [0.717, 1.165) is 16.8 Å². The maximum absolute atomic E-state index is 13.7. The van der Waals surface area contributed by atoms with E-state index in [1.165, 1.54) is 36.0 Å². The molecule has 7 nitrogen and oxygen atoms in total. The topological polar surface area (TPSA) is 88.9 Å². The van der Waals surface area contributed by atoms with Gasteiger partial charge < -0.3 is 0 Å². The number of nitrogens with one attached hydrogen (secondary N) is 2. The number of halogens is 1. The molecule has 33 heavy (non-hydrogen) atoms. The first-order chi connectivity index (χ1) is 16.0. The third kappa shape index (κ3) is 5.27. The van der Waals surface area contributed by atoms with Crippen molar-refractivity contribution < 1.29 is 14.0 Å². The van der Waals surface area contributed by atoms with Crippen molar-refractivity contribution in [3.05, 3.63) is 95.8 Å². The average molecular weight is 462 g/mol. The van der Waals surface area contributed by atoms with E-state index in [0.29, 0.717) is 11.0 Å². The fourth-order valence-electron chi connectivity index (χ4n) is 3.07. The van der Waals surface area contributed by atoms with E-state index in [-0.39, 0.29) is 11.3 Å². The van der Waals surface area contributed by atoms with Crippen molar-refractivity contribution in [2.45, 2.75) is 12.1 Å². The number of carbonyl (C=O) groups is 2. The fourth-order valence-corrected chi connectivity index (χ4v) is 3.82. The molecule has 0 bridgehead atoms. The molecule has 2 N–H and O–H groups in total. The van der Waals surface area contributed by atoms with Gasteiger partial charge in [-0.05, 0) is 31.2 Å². The lowest BCUT2D eigenvalue weighted by molar-refractivity contribution is -0.119. The zero-order valence-electron chi connectivity index (χ0n) is 17.7. The fraction of sp³-hybridized carbons (Fsp3) is 0.0833. The van der Waals surface area contributed by atoms with Crippen LogP contribution in [-0.4, -0.2) is 32.3 Å². The standard InChI is InChI=1S/C24H20FN5O2S/c1-16-11-13-18(14-12-16)30-22(17-7-3-2-4-8-17)27-29-24(30)33-15-21(31)26-28-23(32)19-9-5-6-10-20(19)25/h2-14H,15H2,1H3,(H,26,31)(H,28,32). The quantitative estimate of drug-likeness (QED) is 0.335. The third-order valence-corrected chi connectivity index (χ3v) is 5.65. The monoisotopic (exact) mass is 461 g/mol. The lowest BCUT2D eigenvalue weighted by Gasteiger charge is -2.11. The molecule has 0 radical (unpaired) electrons. The molecule has 9 heteroatoms. The predicted molar refractivity (Wildman–Crippen MR) is 124 cm³/mol. The van der Waals surface area contributed by atoms with Gasteiger partial charge in [-0.15, -0.1) is 10.2 Å². The van der Waals surface area contributed by atoms with Gasteiger partial charge >= 0.3 is 0 Å². The third-order valence-electron chi connectivity index (χ3n) is 4.72. The molecule has 0 saturated carbocycles. The van der Waals surface area contributed by atoms with Gasteiger partial charge in [0.1, 0.15) is 5.82 Å². The van der Waals surface area contributed by atoms with Gasteiger partial charge in [-0.2, -0.15) is 0 Å². The lowest BCUT2D eigenvalue weighted by Crippen LogP contribution is -2.42. The van der Waals surface area contributed by atoms with Gasteiger partial charge in [0.2, 0.25) is 5.91 Å². The number of hydrogen-bond acceptors (Lipinski definition) is 5. The molecule has 4 aromatic rings. The Balaban J connectivity index is 1.48. The molecule has 0 aliphatic rings. The SMILES string of the molecule is Cc1ccc(-n2c(SCC(=O)NNC(=O)c3ccccc3F)nnc2-c2ccccc2)cc1. The van der Waals surface area contributed by atoms with E-state index < -0.39 is 17.6 Å². The number of aromatic nitrogens is 3. The number of amides is 2. The Bertz CT molecular complexity index is 1280. The Morgan fingerprint density at radius 1 is 0.909 bits per heavy atom. The molecular formula is C24H20FN5O2S. The van der Waals surface area contributed by atoms with Crippen LogP contribution in [0.25, 0.3) is 17.1 Å². The summed E-state index contributed by atoms with van der Waals surface area (Å²) in [5.74, 6) is -1.26. The predicted octanol–water partition coefficient (Wildman–Crippen LogP) is 3.94. The Morgan fingerprint density at radius 3 is 2.33 bits per heavy atom. The summed E-state index contributed by atoms with van der Waals surface area (Å²) < 4.78 is 15.6. The molecule has 0 fully saturated rings. The second-order valence-electron chi connectivity index (χ2n) is 7.11. The van der Waals surface area contributed by atoms with Gasteiger partial charge in [-0.3, -0.25) is 25.0 Å². The van der Waals surface area contributed by atoms with Crippen LogP contribution in [0.3, 0.4) is 0 Å². The summed E-state index contributed by atoms with van der Waals surface area (Å²) in [5, 5.41) is 9.13. The molecule has 0 spiro atoms. The number of hydrazine groups is 1. The molecule has 4 rings (SSSR count). The van der Waals surface area contributed by atoms with Gasteiger partial charge in [-0.25, -0.2) is 4.39 Å². The first-order valence-electron chi connectivity index (χ1n) is 10.1. The highest BCUT2D eigenvalue weighted by Gasteiger charge is 2.18. The number of hydrogen-bond donors (Lipinski definition) is 2. The number of thioether (sulfide) groups is 1. The minimum Gasteiger partial charge on any atom is -0.272 e. The number of rotatable bonds is 6. The van der Waals surface area contributed by atoms with Gasteiger partial charge in [-0.1, -0.05) is 71.9 Å². The van der Waals surface area contributed by atoms with Crippen molar-refractivity contribution in [1.29, 1.82) is 0 Å². The van der Waals surface area contributed by atoms with E-state index in [2.05, 4.69) is 21.0 Å². The molecule has 0 unspecified atom stereocenters. The summed E-state index contributed by atoms with van der Waals surface area (Å²) in [6.45, 7) is 2.00. The van der Waals surface area contributed by atoms with Crippen molar-refractivity contribution in [3.8, 4) is 17.1 Å². The number of nitrogens with zero attached hydrogens (tertiary/aromatic N) is 3. The smallest absolute Gasteiger partial charge is 0.272 e. The zero-order valence-corrected chi connectivity index (χ0v) is 18.5. The van der Waals surface area contributed by atoms with E-state index in [4.69, 9.17) is 0 Å². The Labute approximate surface area is 194 Å². The first-order valence-corrected chi connectivity index (χ1v) is 11.1. The summed E-state index contributed by atoms with van der Waals surface area (Å²) in [4.78, 5) is 24.4. The maximum atomic E-state index is 13.7. The van der Waals surface area contributed by atoms with Crippen LogP contribution in [0, 0.1) is 12.7 Å². The minimum absolute atomic E-state index is 0.0314. The molecule has 166 valence electrons. The summed E-state index contributed by atoms with van der Waals surface area (Å²) >= 11 is 1.17. The second kappa shape index (κ2) is 10.1. The normalized spacial score (nSPS) is 10.6. The van der Waals surface area contributed by atoms with Crippen molar-refractivity contribution >= 4 is 23.6 Å². The summed E-state index contributed by atoms with van der Waals surface area (Å²) in [7, 11) is 0. The van der Waals surface area contributed by atoms with Crippen LogP contribution < -0.4 is 10.9 Å². The van der Waals surface area contributed by atoms with Crippen molar-refractivity contribution in [2.24, 2.45) is 0 Å². The number of aryl methyl sites for hydroxylation is 1. The van der Waals surface area contributed by atoms with Crippen LogP contribution in [0.5, 0.6) is 0 Å². The highest BCUT2D eigenvalue weighted by Crippen LogP contribution is 2.28. The van der Waals surface area contributed by atoms with Crippen molar-refractivity contribution in [1.82, 2.24) is 25.6 Å². The van der Waals surface area contributed by atoms with Crippen LogP contribution in [0.2, 0.25) is 0 Å². The Morgan fingerprint density at radius 2 is 1.61 bits per heavy atom. The van der Waals surface area contributed by atoms with E-state index in [1.807, 2.05) is 66.1 Å². The number of carbonyl (C=O) groups excluding carboxylic acids is 2. The minimum atomic E-state index is -0.736. The summed E-state index contributed by atoms with van der Waals surface area (Å²) in [6.07, 6.45) is 0. The van der Waals surface area contributed by atoms with Gasteiger partial charge in [0.25, 0.3) is 5.91 Å². The maximum Gasteiger partial charge on any atom is 0.272 e. The highest BCUT2D eigenvalue weighted by molar-refractivity contribution is 7.99. The van der Waals surface area contributed by atoms with Crippen LogP contribution in [-0.2, 0) is 4.79 Å². The van der Waals surface area contributed by atoms with Crippen molar-refractivity contribution in [2.75, 3.05) is 5.75 Å². The molecule has 3 aromatic carbocycles.